The summed E-state index contributed by atoms with van der Waals surface area (Å²) in [6.07, 6.45) is 7.12. The van der Waals surface area contributed by atoms with Crippen molar-refractivity contribution in [3.8, 4) is 0 Å². The Morgan fingerprint density at radius 1 is 1.36 bits per heavy atom. The Labute approximate surface area is 84.5 Å². The lowest BCUT2D eigenvalue weighted by Gasteiger charge is -2.13. The second kappa shape index (κ2) is 5.67. The van der Waals surface area contributed by atoms with Gasteiger partial charge in [0.15, 0.2) is 0 Å². The predicted octanol–water partition coefficient (Wildman–Crippen LogP) is 1.29. The summed E-state index contributed by atoms with van der Waals surface area (Å²) in [4.78, 5) is 7.86. The Kier molecular flexibility index (Phi) is 4.49. The molecule has 0 fully saturated rings. The third-order valence-corrected chi connectivity index (χ3v) is 2.30. The zero-order valence-corrected chi connectivity index (χ0v) is 8.68. The SMILES string of the molecule is COC(C)CCC(N)c1cncnc1. The third-order valence-electron chi connectivity index (χ3n) is 2.30. The Morgan fingerprint density at radius 3 is 2.57 bits per heavy atom. The number of aromatic nitrogens is 2. The minimum absolute atomic E-state index is 0.00815. The summed E-state index contributed by atoms with van der Waals surface area (Å²) >= 11 is 0. The van der Waals surface area contributed by atoms with Crippen LogP contribution in [0.3, 0.4) is 0 Å². The number of hydrogen-bond acceptors (Lipinski definition) is 4. The molecule has 2 atom stereocenters. The molecule has 0 radical (unpaired) electrons. The number of hydrogen-bond donors (Lipinski definition) is 1. The first kappa shape index (κ1) is 11.1. The van der Waals surface area contributed by atoms with Crippen molar-refractivity contribution in [2.75, 3.05) is 7.11 Å². The average molecular weight is 195 g/mol. The highest BCUT2D eigenvalue weighted by Gasteiger charge is 2.08. The summed E-state index contributed by atoms with van der Waals surface area (Å²) in [5, 5.41) is 0. The maximum Gasteiger partial charge on any atom is 0.115 e. The van der Waals surface area contributed by atoms with Crippen molar-refractivity contribution in [2.24, 2.45) is 5.73 Å². The van der Waals surface area contributed by atoms with Crippen LogP contribution in [0, 0.1) is 0 Å². The number of nitrogens with zero attached hydrogens (tertiary/aromatic N) is 2. The van der Waals surface area contributed by atoms with Crippen LogP contribution in [0.5, 0.6) is 0 Å². The lowest BCUT2D eigenvalue weighted by Crippen LogP contribution is -2.14. The van der Waals surface area contributed by atoms with E-state index in [4.69, 9.17) is 10.5 Å². The van der Waals surface area contributed by atoms with E-state index in [1.165, 1.54) is 6.33 Å². The van der Waals surface area contributed by atoms with Crippen molar-refractivity contribution in [1.82, 2.24) is 9.97 Å². The smallest absolute Gasteiger partial charge is 0.115 e. The minimum Gasteiger partial charge on any atom is -0.382 e. The van der Waals surface area contributed by atoms with E-state index in [1.807, 2.05) is 6.92 Å². The fourth-order valence-corrected chi connectivity index (χ4v) is 1.20. The molecule has 0 saturated heterocycles. The van der Waals surface area contributed by atoms with E-state index in [9.17, 15) is 0 Å². The van der Waals surface area contributed by atoms with Crippen LogP contribution in [-0.2, 0) is 4.74 Å². The lowest BCUT2D eigenvalue weighted by atomic mass is 10.0. The topological polar surface area (TPSA) is 61.0 Å². The molecule has 4 nitrogen and oxygen atoms in total. The Balaban J connectivity index is 2.39. The van der Waals surface area contributed by atoms with E-state index >= 15 is 0 Å². The fourth-order valence-electron chi connectivity index (χ4n) is 1.20. The van der Waals surface area contributed by atoms with Gasteiger partial charge in [0.2, 0.25) is 0 Å². The number of ether oxygens (including phenoxy) is 1. The second-order valence-corrected chi connectivity index (χ2v) is 3.40. The second-order valence-electron chi connectivity index (χ2n) is 3.40. The van der Waals surface area contributed by atoms with Crippen LogP contribution < -0.4 is 5.73 Å². The Morgan fingerprint density at radius 2 is 2.00 bits per heavy atom. The quantitative estimate of drug-likeness (QED) is 0.769. The number of methoxy groups -OCH3 is 1. The monoisotopic (exact) mass is 195 g/mol. The summed E-state index contributed by atoms with van der Waals surface area (Å²) < 4.78 is 5.15. The van der Waals surface area contributed by atoms with Gasteiger partial charge in [0.25, 0.3) is 0 Å². The minimum atomic E-state index is 0.00815. The van der Waals surface area contributed by atoms with Gasteiger partial charge in [0.1, 0.15) is 6.33 Å². The molecule has 0 aliphatic carbocycles. The summed E-state index contributed by atoms with van der Waals surface area (Å²) in [5.74, 6) is 0. The highest BCUT2D eigenvalue weighted by atomic mass is 16.5. The van der Waals surface area contributed by atoms with Crippen molar-refractivity contribution in [3.05, 3.63) is 24.3 Å². The molecule has 0 spiro atoms. The van der Waals surface area contributed by atoms with Gasteiger partial charge in [-0.15, -0.1) is 0 Å². The molecule has 78 valence electrons. The molecule has 1 aromatic rings. The fraction of sp³-hybridized carbons (Fsp3) is 0.600. The molecule has 4 heteroatoms. The third kappa shape index (κ3) is 3.40. The van der Waals surface area contributed by atoms with Gasteiger partial charge < -0.3 is 10.5 Å². The summed E-state index contributed by atoms with van der Waals surface area (Å²) in [7, 11) is 1.71. The van der Waals surface area contributed by atoms with Gasteiger partial charge >= 0.3 is 0 Å². The van der Waals surface area contributed by atoms with Crippen molar-refractivity contribution in [1.29, 1.82) is 0 Å². The van der Waals surface area contributed by atoms with Crippen molar-refractivity contribution >= 4 is 0 Å². The molecule has 0 amide bonds. The van der Waals surface area contributed by atoms with E-state index in [2.05, 4.69) is 9.97 Å². The summed E-state index contributed by atoms with van der Waals surface area (Å²) in [5.41, 5.74) is 6.94. The van der Waals surface area contributed by atoms with Gasteiger partial charge in [0.05, 0.1) is 6.10 Å². The van der Waals surface area contributed by atoms with Gasteiger partial charge in [-0.2, -0.15) is 0 Å². The molecular weight excluding hydrogens is 178 g/mol. The van der Waals surface area contributed by atoms with E-state index < -0.39 is 0 Å². The van der Waals surface area contributed by atoms with Crippen molar-refractivity contribution in [3.63, 3.8) is 0 Å². The van der Waals surface area contributed by atoms with Crippen molar-refractivity contribution in [2.45, 2.75) is 31.9 Å². The molecule has 1 aromatic heterocycles. The van der Waals surface area contributed by atoms with E-state index in [0.717, 1.165) is 18.4 Å². The standard InChI is InChI=1S/C10H17N3O/c1-8(14-2)3-4-10(11)9-5-12-7-13-6-9/h5-8,10H,3-4,11H2,1-2H3. The van der Waals surface area contributed by atoms with E-state index in [0.29, 0.717) is 0 Å². The van der Waals surface area contributed by atoms with Crippen molar-refractivity contribution < 1.29 is 4.74 Å². The molecule has 0 aliphatic heterocycles. The predicted molar refractivity (Wildman–Crippen MR) is 54.7 cm³/mol. The highest BCUT2D eigenvalue weighted by Crippen LogP contribution is 2.15. The van der Waals surface area contributed by atoms with Crippen LogP contribution in [0.4, 0.5) is 0 Å². The van der Waals surface area contributed by atoms with Gasteiger partial charge in [0, 0.05) is 31.1 Å². The Bertz CT molecular complexity index is 253. The number of rotatable bonds is 5. The molecule has 14 heavy (non-hydrogen) atoms. The summed E-state index contributed by atoms with van der Waals surface area (Å²) in [6, 6.07) is 0.00815. The van der Waals surface area contributed by atoms with Crippen LogP contribution in [0.1, 0.15) is 31.4 Å². The van der Waals surface area contributed by atoms with E-state index in [1.54, 1.807) is 19.5 Å². The number of nitrogens with two attached hydrogens (primary N) is 1. The molecule has 0 bridgehead atoms. The normalized spacial score (nSPS) is 15.1. The van der Waals surface area contributed by atoms with Crippen LogP contribution in [0.2, 0.25) is 0 Å². The highest BCUT2D eigenvalue weighted by molar-refractivity contribution is 5.07. The first-order valence-corrected chi connectivity index (χ1v) is 4.77. The Hall–Kier alpha value is -1.00. The van der Waals surface area contributed by atoms with Crippen LogP contribution in [0.15, 0.2) is 18.7 Å². The maximum atomic E-state index is 5.96. The molecule has 2 unspecified atom stereocenters. The van der Waals surface area contributed by atoms with Crippen LogP contribution in [-0.4, -0.2) is 23.2 Å². The van der Waals surface area contributed by atoms with Crippen LogP contribution >= 0.6 is 0 Å². The molecular formula is C10H17N3O. The van der Waals surface area contributed by atoms with E-state index in [-0.39, 0.29) is 12.1 Å². The molecule has 0 saturated carbocycles. The molecule has 0 aliphatic rings. The zero-order chi connectivity index (χ0) is 10.4. The molecule has 0 aromatic carbocycles. The lowest BCUT2D eigenvalue weighted by molar-refractivity contribution is 0.107. The van der Waals surface area contributed by atoms with Crippen LogP contribution in [0.25, 0.3) is 0 Å². The first-order chi connectivity index (χ1) is 6.74. The maximum absolute atomic E-state index is 5.96. The summed E-state index contributed by atoms with van der Waals surface area (Å²) in [6.45, 7) is 2.04. The molecule has 1 heterocycles. The molecule has 2 N–H and O–H groups in total. The first-order valence-electron chi connectivity index (χ1n) is 4.77. The van der Waals surface area contributed by atoms with Gasteiger partial charge in [-0.3, -0.25) is 0 Å². The van der Waals surface area contributed by atoms with Gasteiger partial charge in [-0.25, -0.2) is 9.97 Å². The van der Waals surface area contributed by atoms with Gasteiger partial charge in [-0.05, 0) is 19.8 Å². The zero-order valence-electron chi connectivity index (χ0n) is 8.68. The average Bonchev–Trinajstić information content (AvgIpc) is 2.26. The largest absolute Gasteiger partial charge is 0.382 e. The molecule has 1 rings (SSSR count). The van der Waals surface area contributed by atoms with Gasteiger partial charge in [-0.1, -0.05) is 0 Å².